The van der Waals surface area contributed by atoms with E-state index in [1.165, 1.54) is 0 Å². The van der Waals surface area contributed by atoms with E-state index < -0.39 is 0 Å². The van der Waals surface area contributed by atoms with Crippen LogP contribution in [-0.2, 0) is 0 Å². The molecule has 0 amide bonds. The van der Waals surface area contributed by atoms with Crippen LogP contribution in [0.15, 0.2) is 54.6 Å². The fraction of sp³-hybridized carbons (Fsp3) is 0.333. The van der Waals surface area contributed by atoms with Crippen LogP contribution in [0.2, 0.25) is 5.54 Å². The van der Waals surface area contributed by atoms with Crippen LogP contribution in [0.3, 0.4) is 0 Å². The Morgan fingerprint density at radius 2 is 1.59 bits per heavy atom. The molecule has 1 aromatic rings. The van der Waals surface area contributed by atoms with Gasteiger partial charge in [0.1, 0.15) is 0 Å². The molecule has 1 aliphatic carbocycles. The van der Waals surface area contributed by atoms with Crippen LogP contribution in [0.1, 0.15) is 13.8 Å². The third-order valence-electron chi connectivity index (χ3n) is 2.64. The van der Waals surface area contributed by atoms with Gasteiger partial charge in [-0.1, -0.05) is 73.7 Å². The van der Waals surface area contributed by atoms with Gasteiger partial charge in [0.05, 0.1) is 9.52 Å². The standard InChI is InChI=1S/C11H12Si.C4H11N/c1-2-6-10(7-3-1)12-11-8-4-5-9-11;1-3-5-4-2/h1-9,11H,12H2;5H,3-4H2,1-2H3. The van der Waals surface area contributed by atoms with Crippen molar-refractivity contribution in [3.05, 3.63) is 54.6 Å². The van der Waals surface area contributed by atoms with Crippen LogP contribution in [0.4, 0.5) is 0 Å². The molecule has 0 saturated carbocycles. The molecule has 1 aromatic carbocycles. The second-order valence-electron chi connectivity index (χ2n) is 4.08. The van der Waals surface area contributed by atoms with E-state index in [9.17, 15) is 0 Å². The Kier molecular flexibility index (Phi) is 7.35. The minimum absolute atomic E-state index is 0.109. The highest BCUT2D eigenvalue weighted by molar-refractivity contribution is 6.56. The summed E-state index contributed by atoms with van der Waals surface area (Å²) < 4.78 is 0. The van der Waals surface area contributed by atoms with Crippen molar-refractivity contribution >= 4 is 14.7 Å². The Balaban J connectivity index is 0.000000249. The van der Waals surface area contributed by atoms with Gasteiger partial charge in [0, 0.05) is 0 Å². The summed E-state index contributed by atoms with van der Waals surface area (Å²) in [6, 6.07) is 10.8. The number of nitrogens with one attached hydrogen (secondary N) is 1. The summed E-state index contributed by atoms with van der Waals surface area (Å²) in [7, 11) is -0.109. The van der Waals surface area contributed by atoms with E-state index in [0.29, 0.717) is 0 Å². The fourth-order valence-electron chi connectivity index (χ4n) is 1.75. The smallest absolute Gasteiger partial charge is 0.0663 e. The van der Waals surface area contributed by atoms with Gasteiger partial charge < -0.3 is 5.32 Å². The molecule has 0 saturated heterocycles. The number of hydrogen-bond donors (Lipinski definition) is 1. The second kappa shape index (κ2) is 8.96. The highest BCUT2D eigenvalue weighted by Gasteiger charge is 2.04. The quantitative estimate of drug-likeness (QED) is 0.800. The van der Waals surface area contributed by atoms with Gasteiger partial charge in [-0.25, -0.2) is 0 Å². The third kappa shape index (κ3) is 6.24. The maximum atomic E-state index is 3.11. The zero-order chi connectivity index (χ0) is 12.3. The molecule has 0 radical (unpaired) electrons. The van der Waals surface area contributed by atoms with E-state index >= 15 is 0 Å². The summed E-state index contributed by atoms with van der Waals surface area (Å²) in [5.41, 5.74) is 0.757. The lowest BCUT2D eigenvalue weighted by Crippen LogP contribution is -2.16. The van der Waals surface area contributed by atoms with E-state index in [1.54, 1.807) is 5.19 Å². The van der Waals surface area contributed by atoms with Crippen LogP contribution >= 0.6 is 0 Å². The number of hydrogen-bond acceptors (Lipinski definition) is 1. The molecule has 1 aliphatic rings. The van der Waals surface area contributed by atoms with Crippen molar-refractivity contribution in [1.29, 1.82) is 0 Å². The number of allylic oxidation sites excluding steroid dienone is 4. The Labute approximate surface area is 107 Å². The average Bonchev–Trinajstić information content (AvgIpc) is 2.85. The molecule has 1 N–H and O–H groups in total. The number of rotatable bonds is 4. The van der Waals surface area contributed by atoms with Gasteiger partial charge in [-0.05, 0) is 18.6 Å². The van der Waals surface area contributed by atoms with Gasteiger partial charge in [-0.2, -0.15) is 0 Å². The van der Waals surface area contributed by atoms with E-state index in [2.05, 4.69) is 73.8 Å². The van der Waals surface area contributed by atoms with Crippen LogP contribution in [0.5, 0.6) is 0 Å². The van der Waals surface area contributed by atoms with E-state index in [-0.39, 0.29) is 9.52 Å². The Morgan fingerprint density at radius 1 is 1.00 bits per heavy atom. The summed E-state index contributed by atoms with van der Waals surface area (Å²) in [4.78, 5) is 0. The molecule has 0 bridgehead atoms. The summed E-state index contributed by atoms with van der Waals surface area (Å²) in [5, 5.41) is 4.67. The van der Waals surface area contributed by atoms with Gasteiger partial charge in [0.15, 0.2) is 0 Å². The third-order valence-corrected chi connectivity index (χ3v) is 4.60. The van der Waals surface area contributed by atoms with Crippen LogP contribution < -0.4 is 10.5 Å². The zero-order valence-corrected chi connectivity index (χ0v) is 12.3. The van der Waals surface area contributed by atoms with Crippen molar-refractivity contribution in [3.63, 3.8) is 0 Å². The lowest BCUT2D eigenvalue weighted by molar-refractivity contribution is 0.762. The molecule has 0 unspecified atom stereocenters. The molecule has 2 rings (SSSR count). The monoisotopic (exact) mass is 245 g/mol. The minimum Gasteiger partial charge on any atom is -0.317 e. The molecule has 17 heavy (non-hydrogen) atoms. The van der Waals surface area contributed by atoms with Gasteiger partial charge in [0.2, 0.25) is 0 Å². The first-order chi connectivity index (χ1) is 8.36. The minimum atomic E-state index is -0.109. The SMILES string of the molecule is C1=CC([SiH2]c2ccccc2)C=C1.CCNCC. The molecular formula is C15H23NSi. The second-order valence-corrected chi connectivity index (χ2v) is 6.25. The Hall–Kier alpha value is -1.12. The maximum absolute atomic E-state index is 3.11. The van der Waals surface area contributed by atoms with Crippen LogP contribution in [0, 0.1) is 0 Å². The van der Waals surface area contributed by atoms with Crippen molar-refractivity contribution in [1.82, 2.24) is 5.32 Å². The normalized spacial score (nSPS) is 14.2. The molecule has 0 atom stereocenters. The Morgan fingerprint density at radius 3 is 2.06 bits per heavy atom. The van der Waals surface area contributed by atoms with Crippen molar-refractivity contribution in [2.24, 2.45) is 0 Å². The van der Waals surface area contributed by atoms with Crippen molar-refractivity contribution in [2.75, 3.05) is 13.1 Å². The molecule has 0 aliphatic heterocycles. The first-order valence-electron chi connectivity index (χ1n) is 6.46. The molecule has 92 valence electrons. The highest BCUT2D eigenvalue weighted by atomic mass is 28.2. The topological polar surface area (TPSA) is 12.0 Å². The zero-order valence-electron chi connectivity index (χ0n) is 10.9. The molecular weight excluding hydrogens is 222 g/mol. The summed E-state index contributed by atoms with van der Waals surface area (Å²) in [6.07, 6.45) is 8.92. The predicted molar refractivity (Wildman–Crippen MR) is 80.9 cm³/mol. The van der Waals surface area contributed by atoms with Crippen molar-refractivity contribution < 1.29 is 0 Å². The van der Waals surface area contributed by atoms with Gasteiger partial charge >= 0.3 is 0 Å². The van der Waals surface area contributed by atoms with Crippen molar-refractivity contribution in [3.8, 4) is 0 Å². The van der Waals surface area contributed by atoms with Gasteiger partial charge in [0.25, 0.3) is 0 Å². The van der Waals surface area contributed by atoms with Crippen molar-refractivity contribution in [2.45, 2.75) is 19.4 Å². The molecule has 0 fully saturated rings. The lowest BCUT2D eigenvalue weighted by atomic mass is 10.4. The van der Waals surface area contributed by atoms with Crippen LogP contribution in [-0.4, -0.2) is 22.6 Å². The van der Waals surface area contributed by atoms with Gasteiger partial charge in [-0.3, -0.25) is 0 Å². The summed E-state index contributed by atoms with van der Waals surface area (Å²) in [5.74, 6) is 0. The van der Waals surface area contributed by atoms with E-state index in [1.807, 2.05) is 0 Å². The lowest BCUT2D eigenvalue weighted by Gasteiger charge is -2.02. The fourth-order valence-corrected chi connectivity index (χ4v) is 3.43. The summed E-state index contributed by atoms with van der Waals surface area (Å²) in [6.45, 7) is 6.39. The van der Waals surface area contributed by atoms with E-state index in [0.717, 1.165) is 18.6 Å². The summed E-state index contributed by atoms with van der Waals surface area (Å²) >= 11 is 0. The molecule has 2 heteroatoms. The predicted octanol–water partition coefficient (Wildman–Crippen LogP) is 2.01. The molecule has 0 heterocycles. The van der Waals surface area contributed by atoms with Gasteiger partial charge in [-0.15, -0.1) is 0 Å². The van der Waals surface area contributed by atoms with Crippen LogP contribution in [0.25, 0.3) is 0 Å². The first-order valence-corrected chi connectivity index (χ1v) is 7.98. The Bertz CT molecular complexity index is 329. The molecule has 0 aromatic heterocycles. The highest BCUT2D eigenvalue weighted by Crippen LogP contribution is 2.12. The first kappa shape index (κ1) is 13.9. The number of benzene rings is 1. The maximum Gasteiger partial charge on any atom is 0.0663 e. The largest absolute Gasteiger partial charge is 0.317 e. The average molecular weight is 245 g/mol. The molecule has 1 nitrogen and oxygen atoms in total. The van der Waals surface area contributed by atoms with E-state index in [4.69, 9.17) is 0 Å². The molecule has 0 spiro atoms.